The predicted octanol–water partition coefficient (Wildman–Crippen LogP) is 1.04. The van der Waals surface area contributed by atoms with Crippen LogP contribution in [0.1, 0.15) is 37.8 Å². The van der Waals surface area contributed by atoms with Gasteiger partial charge in [-0.25, -0.2) is 13.4 Å². The highest BCUT2D eigenvalue weighted by atomic mass is 32.2. The molecule has 0 saturated carbocycles. The predicted molar refractivity (Wildman–Crippen MR) is 68.5 cm³/mol. The molecule has 1 atom stereocenters. The molecule has 5 nitrogen and oxygen atoms in total. The molecule has 1 rings (SSSR count). The number of nitrogens with zero attached hydrogens (tertiary/aromatic N) is 2. The summed E-state index contributed by atoms with van der Waals surface area (Å²) in [4.78, 5) is 4.30. The zero-order chi connectivity index (χ0) is 13.1. The zero-order valence-electron chi connectivity index (χ0n) is 10.7. The standard InChI is InChI=1S/C11H21N3O2S/c1-4-6-17(15,16)7-5-14-8-11(9(2)12)13-10(14)3/h8-9H,4-7,12H2,1-3H3/t9-/m0/s1. The fraction of sp³-hybridized carbons (Fsp3) is 0.727. The summed E-state index contributed by atoms with van der Waals surface area (Å²) >= 11 is 0. The minimum absolute atomic E-state index is 0.123. The van der Waals surface area contributed by atoms with E-state index in [1.165, 1.54) is 0 Å². The lowest BCUT2D eigenvalue weighted by Crippen LogP contribution is -2.16. The first-order valence-electron chi connectivity index (χ1n) is 5.85. The van der Waals surface area contributed by atoms with Crippen molar-refractivity contribution < 1.29 is 8.42 Å². The van der Waals surface area contributed by atoms with E-state index in [1.807, 2.05) is 31.5 Å². The van der Waals surface area contributed by atoms with Crippen molar-refractivity contribution in [3.8, 4) is 0 Å². The van der Waals surface area contributed by atoms with Crippen molar-refractivity contribution in [2.45, 2.75) is 39.8 Å². The second-order valence-electron chi connectivity index (χ2n) is 4.35. The molecule has 6 heteroatoms. The number of aryl methyl sites for hydroxylation is 2. The van der Waals surface area contributed by atoms with E-state index >= 15 is 0 Å². The molecular formula is C11H21N3O2S. The van der Waals surface area contributed by atoms with E-state index < -0.39 is 9.84 Å². The summed E-state index contributed by atoms with van der Waals surface area (Å²) in [6, 6.07) is -0.123. The molecule has 98 valence electrons. The Hall–Kier alpha value is -0.880. The van der Waals surface area contributed by atoms with Crippen molar-refractivity contribution in [1.29, 1.82) is 0 Å². The molecule has 0 aliphatic carbocycles. The topological polar surface area (TPSA) is 78.0 Å². The molecule has 0 bridgehead atoms. The van der Waals surface area contributed by atoms with E-state index in [0.717, 1.165) is 11.5 Å². The first-order chi connectivity index (χ1) is 7.85. The first kappa shape index (κ1) is 14.2. The quantitative estimate of drug-likeness (QED) is 0.828. The number of sulfone groups is 1. The fourth-order valence-electron chi connectivity index (χ4n) is 1.63. The minimum atomic E-state index is -2.94. The number of nitrogens with two attached hydrogens (primary N) is 1. The molecule has 0 unspecified atom stereocenters. The van der Waals surface area contributed by atoms with Crippen LogP contribution in [-0.4, -0.2) is 29.5 Å². The lowest BCUT2D eigenvalue weighted by Gasteiger charge is -2.05. The third kappa shape index (κ3) is 4.12. The lowest BCUT2D eigenvalue weighted by atomic mass is 10.3. The van der Waals surface area contributed by atoms with E-state index in [0.29, 0.717) is 13.0 Å². The Morgan fingerprint density at radius 2 is 2.12 bits per heavy atom. The van der Waals surface area contributed by atoms with E-state index in [1.54, 1.807) is 0 Å². The van der Waals surface area contributed by atoms with E-state index in [2.05, 4.69) is 4.98 Å². The van der Waals surface area contributed by atoms with Gasteiger partial charge in [-0.05, 0) is 20.3 Å². The lowest BCUT2D eigenvalue weighted by molar-refractivity contribution is 0.586. The largest absolute Gasteiger partial charge is 0.334 e. The van der Waals surface area contributed by atoms with Crippen LogP contribution in [-0.2, 0) is 16.4 Å². The highest BCUT2D eigenvalue weighted by molar-refractivity contribution is 7.91. The maximum Gasteiger partial charge on any atom is 0.152 e. The van der Waals surface area contributed by atoms with Gasteiger partial charge in [0.2, 0.25) is 0 Å². The molecule has 0 fully saturated rings. The van der Waals surface area contributed by atoms with Gasteiger partial charge in [0.05, 0.1) is 11.4 Å². The van der Waals surface area contributed by atoms with Gasteiger partial charge in [0.1, 0.15) is 5.82 Å². The van der Waals surface area contributed by atoms with Gasteiger partial charge >= 0.3 is 0 Å². The maximum atomic E-state index is 11.6. The number of rotatable bonds is 6. The summed E-state index contributed by atoms with van der Waals surface area (Å²) in [6.45, 7) is 6.04. The van der Waals surface area contributed by atoms with Crippen molar-refractivity contribution >= 4 is 9.84 Å². The van der Waals surface area contributed by atoms with Crippen LogP contribution in [0.2, 0.25) is 0 Å². The van der Waals surface area contributed by atoms with Gasteiger partial charge in [-0.3, -0.25) is 0 Å². The van der Waals surface area contributed by atoms with Crippen LogP contribution in [0, 0.1) is 6.92 Å². The van der Waals surface area contributed by atoms with Gasteiger partial charge in [-0.15, -0.1) is 0 Å². The molecule has 0 saturated heterocycles. The Labute approximate surface area is 103 Å². The normalized spacial score (nSPS) is 13.9. The molecule has 0 aromatic carbocycles. The second kappa shape index (κ2) is 5.64. The van der Waals surface area contributed by atoms with E-state index in [-0.39, 0.29) is 17.5 Å². The summed E-state index contributed by atoms with van der Waals surface area (Å²) < 4.78 is 25.0. The summed E-state index contributed by atoms with van der Waals surface area (Å²) in [5.74, 6) is 1.22. The molecule has 0 radical (unpaired) electrons. The van der Waals surface area contributed by atoms with Crippen molar-refractivity contribution in [1.82, 2.24) is 9.55 Å². The van der Waals surface area contributed by atoms with Crippen molar-refractivity contribution in [2.75, 3.05) is 11.5 Å². The molecule has 0 amide bonds. The van der Waals surface area contributed by atoms with Crippen molar-refractivity contribution in [2.24, 2.45) is 5.73 Å². The molecule has 0 aliphatic rings. The molecule has 1 aromatic heterocycles. The molecule has 17 heavy (non-hydrogen) atoms. The highest BCUT2D eigenvalue weighted by Crippen LogP contribution is 2.09. The number of hydrogen-bond donors (Lipinski definition) is 1. The molecule has 0 spiro atoms. The van der Waals surface area contributed by atoms with E-state index in [4.69, 9.17) is 5.73 Å². The average Bonchev–Trinajstić information content (AvgIpc) is 2.57. The molecule has 2 N–H and O–H groups in total. The molecular weight excluding hydrogens is 238 g/mol. The van der Waals surface area contributed by atoms with Gasteiger partial charge in [0, 0.05) is 24.5 Å². The third-order valence-electron chi connectivity index (χ3n) is 2.62. The van der Waals surface area contributed by atoms with Crippen LogP contribution in [0.3, 0.4) is 0 Å². The van der Waals surface area contributed by atoms with Gasteiger partial charge in [0.25, 0.3) is 0 Å². The summed E-state index contributed by atoms with van der Waals surface area (Å²) in [5, 5.41) is 0. The van der Waals surface area contributed by atoms with Gasteiger partial charge in [0.15, 0.2) is 9.84 Å². The maximum absolute atomic E-state index is 11.6. The van der Waals surface area contributed by atoms with Gasteiger partial charge < -0.3 is 10.3 Å². The van der Waals surface area contributed by atoms with Gasteiger partial charge in [-0.1, -0.05) is 6.92 Å². The summed E-state index contributed by atoms with van der Waals surface area (Å²) in [6.07, 6.45) is 2.50. The van der Waals surface area contributed by atoms with E-state index in [9.17, 15) is 8.42 Å². The van der Waals surface area contributed by atoms with Crippen LogP contribution in [0.5, 0.6) is 0 Å². The fourth-order valence-corrected chi connectivity index (χ4v) is 2.93. The monoisotopic (exact) mass is 259 g/mol. The Kier molecular flexibility index (Phi) is 4.70. The summed E-state index contributed by atoms with van der Waals surface area (Å²) in [7, 11) is -2.94. The summed E-state index contributed by atoms with van der Waals surface area (Å²) in [5.41, 5.74) is 6.53. The average molecular weight is 259 g/mol. The van der Waals surface area contributed by atoms with Crippen molar-refractivity contribution in [3.63, 3.8) is 0 Å². The van der Waals surface area contributed by atoms with Crippen LogP contribution in [0.25, 0.3) is 0 Å². The van der Waals surface area contributed by atoms with Crippen LogP contribution in [0.15, 0.2) is 6.20 Å². The number of imidazole rings is 1. The molecule has 1 heterocycles. The third-order valence-corrected chi connectivity index (χ3v) is 4.45. The molecule has 0 aliphatic heterocycles. The SMILES string of the molecule is CCCS(=O)(=O)CCn1cc([C@H](C)N)nc1C. The first-order valence-corrected chi connectivity index (χ1v) is 7.67. The van der Waals surface area contributed by atoms with Crippen LogP contribution >= 0.6 is 0 Å². The number of hydrogen-bond acceptors (Lipinski definition) is 4. The van der Waals surface area contributed by atoms with Crippen LogP contribution < -0.4 is 5.73 Å². The van der Waals surface area contributed by atoms with Crippen molar-refractivity contribution in [3.05, 3.63) is 17.7 Å². The Balaban J connectivity index is 2.70. The highest BCUT2D eigenvalue weighted by Gasteiger charge is 2.12. The van der Waals surface area contributed by atoms with Crippen LogP contribution in [0.4, 0.5) is 0 Å². The Bertz CT molecular complexity index is 463. The minimum Gasteiger partial charge on any atom is -0.334 e. The Morgan fingerprint density at radius 3 is 2.59 bits per heavy atom. The second-order valence-corrected chi connectivity index (χ2v) is 6.65. The molecule has 1 aromatic rings. The Morgan fingerprint density at radius 1 is 1.47 bits per heavy atom. The zero-order valence-corrected chi connectivity index (χ0v) is 11.5. The number of aromatic nitrogens is 2. The smallest absolute Gasteiger partial charge is 0.152 e. The van der Waals surface area contributed by atoms with Gasteiger partial charge in [-0.2, -0.15) is 0 Å².